The van der Waals surface area contributed by atoms with Gasteiger partial charge in [-0.05, 0) is 83.4 Å². The van der Waals surface area contributed by atoms with Crippen LogP contribution in [0.3, 0.4) is 0 Å². The lowest BCUT2D eigenvalue weighted by Crippen LogP contribution is -2.23. The average Bonchev–Trinajstić information content (AvgIpc) is 2.68. The molecule has 1 rings (SSSR count). The van der Waals surface area contributed by atoms with Crippen LogP contribution in [-0.4, -0.2) is 32.4 Å². The van der Waals surface area contributed by atoms with Gasteiger partial charge in [-0.25, -0.2) is 0 Å². The van der Waals surface area contributed by atoms with E-state index in [1.165, 1.54) is 6.07 Å². The normalized spacial score (nSPS) is 12.1. The Balaban J connectivity index is 2.45. The highest BCUT2D eigenvalue weighted by molar-refractivity contribution is 5.73. The minimum atomic E-state index is -0.762. The van der Waals surface area contributed by atoms with Crippen molar-refractivity contribution in [3.05, 3.63) is 23.3 Å². The van der Waals surface area contributed by atoms with Gasteiger partial charge in [0.05, 0.1) is 10.8 Å². The molecule has 4 N–H and O–H groups in total. The summed E-state index contributed by atoms with van der Waals surface area (Å²) in [4.78, 5) is 22.3. The Hall–Kier alpha value is -2.24. The summed E-state index contributed by atoms with van der Waals surface area (Å²) in [5.74, 6) is -1.32. The van der Waals surface area contributed by atoms with Crippen LogP contribution < -0.4 is 0 Å². The van der Waals surface area contributed by atoms with Crippen LogP contribution in [0.1, 0.15) is 103 Å². The molecule has 6 nitrogen and oxygen atoms in total. The van der Waals surface area contributed by atoms with Crippen LogP contribution in [0.15, 0.2) is 12.1 Å². The molecule has 32 heavy (non-hydrogen) atoms. The molecule has 0 saturated heterocycles. The highest BCUT2D eigenvalue weighted by Crippen LogP contribution is 2.31. The molecule has 182 valence electrons. The van der Waals surface area contributed by atoms with Crippen LogP contribution in [0.25, 0.3) is 0 Å². The van der Waals surface area contributed by atoms with Gasteiger partial charge in [0.1, 0.15) is 11.5 Å². The molecule has 1 aromatic carbocycles. The van der Waals surface area contributed by atoms with E-state index >= 15 is 0 Å². The van der Waals surface area contributed by atoms with Gasteiger partial charge in [0.2, 0.25) is 0 Å². The molecule has 0 aliphatic heterocycles. The fourth-order valence-electron chi connectivity index (χ4n) is 3.88. The molecule has 0 heterocycles. The molecule has 0 aliphatic carbocycles. The Morgan fingerprint density at radius 3 is 1.59 bits per heavy atom. The Bertz CT molecular complexity index is 751. The van der Waals surface area contributed by atoms with Gasteiger partial charge in [0.15, 0.2) is 0 Å². The second-order valence-electron chi connectivity index (χ2n) is 10.3. The van der Waals surface area contributed by atoms with Crippen molar-refractivity contribution < 1.29 is 30.0 Å². The fraction of sp³-hybridized carbons (Fsp3) is 0.692. The van der Waals surface area contributed by atoms with Crippen LogP contribution in [0, 0.1) is 10.8 Å². The summed E-state index contributed by atoms with van der Waals surface area (Å²) in [6.07, 6.45) is 10.2. The lowest BCUT2D eigenvalue weighted by Gasteiger charge is -2.18. The van der Waals surface area contributed by atoms with Gasteiger partial charge in [0, 0.05) is 6.07 Å². The first-order valence-electron chi connectivity index (χ1n) is 11.9. The molecule has 0 spiro atoms. The lowest BCUT2D eigenvalue weighted by molar-refractivity contribution is -0.148. The predicted molar refractivity (Wildman–Crippen MR) is 126 cm³/mol. The zero-order valence-electron chi connectivity index (χ0n) is 20.2. The Labute approximate surface area is 192 Å². The van der Waals surface area contributed by atoms with Crippen LogP contribution in [0.4, 0.5) is 0 Å². The average molecular weight is 451 g/mol. The first kappa shape index (κ1) is 27.8. The molecule has 0 unspecified atom stereocenters. The van der Waals surface area contributed by atoms with Crippen LogP contribution in [-0.2, 0) is 22.4 Å². The van der Waals surface area contributed by atoms with E-state index in [-0.39, 0.29) is 11.5 Å². The minimum absolute atomic E-state index is 0.0698. The summed E-state index contributed by atoms with van der Waals surface area (Å²) in [7, 11) is 0. The van der Waals surface area contributed by atoms with Gasteiger partial charge in [0.25, 0.3) is 0 Å². The molecular formula is C26H42O6. The minimum Gasteiger partial charge on any atom is -0.508 e. The van der Waals surface area contributed by atoms with E-state index in [2.05, 4.69) is 0 Å². The van der Waals surface area contributed by atoms with Gasteiger partial charge >= 0.3 is 11.9 Å². The third kappa shape index (κ3) is 9.49. The predicted octanol–water partition coefficient (Wildman–Crippen LogP) is 6.31. The zero-order chi connectivity index (χ0) is 24.4. The summed E-state index contributed by atoms with van der Waals surface area (Å²) in [5, 5.41) is 38.6. The smallest absolute Gasteiger partial charge is 0.309 e. The van der Waals surface area contributed by atoms with Crippen molar-refractivity contribution in [1.82, 2.24) is 0 Å². The lowest BCUT2D eigenvalue weighted by atomic mass is 9.86. The second-order valence-corrected chi connectivity index (χ2v) is 10.3. The number of unbranched alkanes of at least 4 members (excludes halogenated alkanes) is 6. The van der Waals surface area contributed by atoms with Crippen LogP contribution in [0.2, 0.25) is 0 Å². The van der Waals surface area contributed by atoms with Crippen molar-refractivity contribution >= 4 is 11.9 Å². The van der Waals surface area contributed by atoms with E-state index in [9.17, 15) is 30.0 Å². The van der Waals surface area contributed by atoms with E-state index in [0.717, 1.165) is 75.3 Å². The van der Waals surface area contributed by atoms with E-state index < -0.39 is 22.8 Å². The fourth-order valence-corrected chi connectivity index (χ4v) is 3.88. The molecule has 0 radical (unpaired) electrons. The van der Waals surface area contributed by atoms with Crippen molar-refractivity contribution in [1.29, 1.82) is 0 Å². The van der Waals surface area contributed by atoms with E-state index in [0.29, 0.717) is 12.8 Å². The molecule has 6 heteroatoms. The SMILES string of the molecule is CC(C)(CCCCCCc1cc(O)cc(O)c1CCCCCCC(C)(C)C(=O)O)C(=O)O. The number of benzene rings is 1. The van der Waals surface area contributed by atoms with Crippen molar-refractivity contribution in [3.63, 3.8) is 0 Å². The van der Waals surface area contributed by atoms with Crippen LogP contribution in [0.5, 0.6) is 11.5 Å². The molecule has 0 amide bonds. The third-order valence-electron chi connectivity index (χ3n) is 6.44. The maximum Gasteiger partial charge on any atom is 0.309 e. The second kappa shape index (κ2) is 12.7. The number of phenolic OH excluding ortho intramolecular Hbond substituents is 2. The van der Waals surface area contributed by atoms with E-state index in [1.54, 1.807) is 33.8 Å². The molecule has 0 bridgehead atoms. The molecule has 0 aromatic heterocycles. The van der Waals surface area contributed by atoms with Gasteiger partial charge in [-0.1, -0.05) is 38.5 Å². The van der Waals surface area contributed by atoms with Crippen molar-refractivity contribution in [2.24, 2.45) is 10.8 Å². The van der Waals surface area contributed by atoms with E-state index in [4.69, 9.17) is 0 Å². The number of carboxylic acids is 2. The number of hydrogen-bond acceptors (Lipinski definition) is 4. The number of aromatic hydroxyl groups is 2. The number of aryl methyl sites for hydroxylation is 1. The van der Waals surface area contributed by atoms with Gasteiger partial charge < -0.3 is 20.4 Å². The van der Waals surface area contributed by atoms with Crippen LogP contribution >= 0.6 is 0 Å². The van der Waals surface area contributed by atoms with Gasteiger partial charge in [-0.3, -0.25) is 9.59 Å². The topological polar surface area (TPSA) is 115 Å². The monoisotopic (exact) mass is 450 g/mol. The molecule has 0 atom stereocenters. The number of rotatable bonds is 16. The summed E-state index contributed by atoms with van der Waals surface area (Å²) in [6, 6.07) is 3.13. The van der Waals surface area contributed by atoms with Gasteiger partial charge in [-0.2, -0.15) is 0 Å². The zero-order valence-corrected chi connectivity index (χ0v) is 20.2. The van der Waals surface area contributed by atoms with Gasteiger partial charge in [-0.15, -0.1) is 0 Å². The summed E-state index contributed by atoms with van der Waals surface area (Å²) in [5.41, 5.74) is 0.486. The maximum absolute atomic E-state index is 11.2. The maximum atomic E-state index is 11.2. The molecule has 0 fully saturated rings. The molecule has 0 saturated carbocycles. The van der Waals surface area contributed by atoms with Crippen molar-refractivity contribution in [3.8, 4) is 11.5 Å². The summed E-state index contributed by atoms with van der Waals surface area (Å²) >= 11 is 0. The Kier molecular flexibility index (Phi) is 11.0. The quantitative estimate of drug-likeness (QED) is 0.220. The van der Waals surface area contributed by atoms with Crippen molar-refractivity contribution in [2.45, 2.75) is 105 Å². The van der Waals surface area contributed by atoms with Crippen molar-refractivity contribution in [2.75, 3.05) is 0 Å². The highest BCUT2D eigenvalue weighted by Gasteiger charge is 2.26. The highest BCUT2D eigenvalue weighted by atomic mass is 16.4. The number of carboxylic acid groups (broad SMARTS) is 2. The van der Waals surface area contributed by atoms with E-state index in [1.807, 2.05) is 0 Å². The number of phenols is 2. The number of aliphatic carboxylic acids is 2. The third-order valence-corrected chi connectivity index (χ3v) is 6.44. The molecule has 0 aliphatic rings. The number of hydrogen-bond donors (Lipinski definition) is 4. The Morgan fingerprint density at radius 1 is 0.688 bits per heavy atom. The first-order valence-corrected chi connectivity index (χ1v) is 11.9. The number of carbonyl (C=O) groups is 2. The molecular weight excluding hydrogens is 408 g/mol. The first-order chi connectivity index (χ1) is 14.9. The molecule has 1 aromatic rings. The Morgan fingerprint density at radius 2 is 1.12 bits per heavy atom. The summed E-state index contributed by atoms with van der Waals surface area (Å²) < 4.78 is 0. The largest absolute Gasteiger partial charge is 0.508 e. The standard InChI is InChI=1S/C26H42O6/c1-25(2,23(29)30)15-11-7-5-9-13-19-17-20(27)18-22(28)21(19)14-10-6-8-12-16-26(3,4)24(31)32/h17-18,27-28H,5-16H2,1-4H3,(H,29,30)(H,31,32). The summed E-state index contributed by atoms with van der Waals surface area (Å²) in [6.45, 7) is 7.01.